The SMILES string of the molecule is COc1ccc(CNC(=O)c2csc(NC(=O)Nc3ccc(C)cc3)n2)cc1. The van der Waals surface area contributed by atoms with Gasteiger partial charge in [-0.2, -0.15) is 0 Å². The van der Waals surface area contributed by atoms with Crippen molar-refractivity contribution in [2.75, 3.05) is 17.7 Å². The number of urea groups is 1. The summed E-state index contributed by atoms with van der Waals surface area (Å²) in [5, 5.41) is 10.1. The monoisotopic (exact) mass is 396 g/mol. The molecule has 3 aromatic rings. The molecule has 0 spiro atoms. The van der Waals surface area contributed by atoms with E-state index in [1.807, 2.05) is 55.5 Å². The fourth-order valence-corrected chi connectivity index (χ4v) is 3.03. The number of hydrogen-bond donors (Lipinski definition) is 3. The van der Waals surface area contributed by atoms with Gasteiger partial charge < -0.3 is 15.4 Å². The second kappa shape index (κ2) is 9.01. The molecule has 0 bridgehead atoms. The van der Waals surface area contributed by atoms with E-state index in [2.05, 4.69) is 20.9 Å². The minimum absolute atomic E-state index is 0.254. The van der Waals surface area contributed by atoms with Gasteiger partial charge in [0.05, 0.1) is 7.11 Å². The summed E-state index contributed by atoms with van der Waals surface area (Å²) in [4.78, 5) is 28.4. The van der Waals surface area contributed by atoms with Crippen molar-refractivity contribution in [3.05, 3.63) is 70.7 Å². The van der Waals surface area contributed by atoms with Crippen LogP contribution in [-0.4, -0.2) is 24.0 Å². The van der Waals surface area contributed by atoms with Gasteiger partial charge in [-0.25, -0.2) is 9.78 Å². The van der Waals surface area contributed by atoms with E-state index in [1.54, 1.807) is 12.5 Å². The van der Waals surface area contributed by atoms with E-state index in [4.69, 9.17) is 4.74 Å². The Balaban J connectivity index is 1.51. The first-order valence-corrected chi connectivity index (χ1v) is 9.43. The zero-order valence-corrected chi connectivity index (χ0v) is 16.3. The van der Waals surface area contributed by atoms with E-state index >= 15 is 0 Å². The van der Waals surface area contributed by atoms with Gasteiger partial charge in [-0.05, 0) is 36.8 Å². The molecule has 3 amide bonds. The predicted molar refractivity (Wildman–Crippen MR) is 110 cm³/mol. The van der Waals surface area contributed by atoms with E-state index in [0.29, 0.717) is 17.4 Å². The smallest absolute Gasteiger partial charge is 0.325 e. The Labute approximate surface area is 166 Å². The molecule has 2 aromatic carbocycles. The van der Waals surface area contributed by atoms with Crippen molar-refractivity contribution >= 4 is 34.1 Å². The third-order valence-corrected chi connectivity index (χ3v) is 4.64. The summed E-state index contributed by atoms with van der Waals surface area (Å²) in [6.45, 7) is 2.34. The Morgan fingerprint density at radius 1 is 1.04 bits per heavy atom. The zero-order chi connectivity index (χ0) is 19.9. The number of nitrogens with one attached hydrogen (secondary N) is 3. The number of carbonyl (C=O) groups is 2. The minimum atomic E-state index is -0.414. The fourth-order valence-electron chi connectivity index (χ4n) is 2.35. The standard InChI is InChI=1S/C20H20N4O3S/c1-13-3-7-15(8-4-13)22-19(26)24-20-23-17(12-28-20)18(25)21-11-14-5-9-16(27-2)10-6-14/h3-10,12H,11H2,1-2H3,(H,21,25)(H2,22,23,24,26). The van der Waals surface area contributed by atoms with Gasteiger partial charge in [-0.15, -0.1) is 11.3 Å². The molecule has 3 N–H and O–H groups in total. The van der Waals surface area contributed by atoms with Crippen molar-refractivity contribution < 1.29 is 14.3 Å². The number of hydrogen-bond acceptors (Lipinski definition) is 5. The predicted octanol–water partition coefficient (Wildman–Crippen LogP) is 4.03. The molecule has 0 saturated carbocycles. The normalized spacial score (nSPS) is 10.2. The molecule has 0 aliphatic heterocycles. The molecule has 0 unspecified atom stereocenters. The number of amides is 3. The van der Waals surface area contributed by atoms with Crippen LogP contribution >= 0.6 is 11.3 Å². The molecule has 3 rings (SSSR count). The van der Waals surface area contributed by atoms with Crippen LogP contribution in [0.3, 0.4) is 0 Å². The summed E-state index contributed by atoms with van der Waals surface area (Å²) < 4.78 is 5.11. The first kappa shape index (κ1) is 19.4. The lowest BCUT2D eigenvalue weighted by Crippen LogP contribution is -2.23. The van der Waals surface area contributed by atoms with Crippen LogP contribution in [0.5, 0.6) is 5.75 Å². The van der Waals surface area contributed by atoms with Gasteiger partial charge in [0.25, 0.3) is 5.91 Å². The summed E-state index contributed by atoms with van der Waals surface area (Å²) in [5.74, 6) is 0.452. The average Bonchev–Trinajstić information content (AvgIpc) is 3.16. The van der Waals surface area contributed by atoms with Crippen molar-refractivity contribution in [1.82, 2.24) is 10.3 Å². The number of nitrogens with zero attached hydrogens (tertiary/aromatic N) is 1. The summed E-state index contributed by atoms with van der Waals surface area (Å²) in [7, 11) is 1.60. The van der Waals surface area contributed by atoms with Crippen LogP contribution in [0, 0.1) is 6.92 Å². The van der Waals surface area contributed by atoms with Crippen molar-refractivity contribution in [3.63, 3.8) is 0 Å². The van der Waals surface area contributed by atoms with E-state index in [1.165, 1.54) is 11.3 Å². The van der Waals surface area contributed by atoms with Crippen LogP contribution in [0.2, 0.25) is 0 Å². The molecule has 144 valence electrons. The zero-order valence-electron chi connectivity index (χ0n) is 15.5. The number of thiazole rings is 1. The lowest BCUT2D eigenvalue weighted by Gasteiger charge is -2.06. The van der Waals surface area contributed by atoms with Gasteiger partial charge in [0.2, 0.25) is 0 Å². The van der Waals surface area contributed by atoms with E-state index in [9.17, 15) is 9.59 Å². The first-order chi connectivity index (χ1) is 13.5. The fraction of sp³-hybridized carbons (Fsp3) is 0.150. The Morgan fingerprint density at radius 3 is 2.43 bits per heavy atom. The maximum Gasteiger partial charge on any atom is 0.325 e. The summed E-state index contributed by atoms with van der Waals surface area (Å²) >= 11 is 1.19. The number of carbonyl (C=O) groups excluding carboxylic acids is 2. The molecule has 7 nitrogen and oxygen atoms in total. The number of anilines is 2. The molecule has 0 aliphatic rings. The highest BCUT2D eigenvalue weighted by molar-refractivity contribution is 7.14. The molecule has 0 aliphatic carbocycles. The number of rotatable bonds is 6. The van der Waals surface area contributed by atoms with E-state index < -0.39 is 6.03 Å². The highest BCUT2D eigenvalue weighted by Gasteiger charge is 2.12. The molecule has 0 fully saturated rings. The van der Waals surface area contributed by atoms with Gasteiger partial charge in [-0.3, -0.25) is 10.1 Å². The van der Waals surface area contributed by atoms with Gasteiger partial charge in [-0.1, -0.05) is 29.8 Å². The Morgan fingerprint density at radius 2 is 1.75 bits per heavy atom. The topological polar surface area (TPSA) is 92.4 Å². The molecule has 0 saturated heterocycles. The van der Waals surface area contributed by atoms with Gasteiger partial charge in [0.15, 0.2) is 5.13 Å². The second-order valence-electron chi connectivity index (χ2n) is 6.01. The molecular weight excluding hydrogens is 376 g/mol. The van der Waals surface area contributed by atoms with Crippen LogP contribution in [-0.2, 0) is 6.54 Å². The Bertz CT molecular complexity index is 952. The molecule has 28 heavy (non-hydrogen) atoms. The molecular formula is C20H20N4O3S. The Kier molecular flexibility index (Phi) is 6.23. The highest BCUT2D eigenvalue weighted by Crippen LogP contribution is 2.17. The Hall–Kier alpha value is -3.39. The lowest BCUT2D eigenvalue weighted by atomic mass is 10.2. The van der Waals surface area contributed by atoms with Crippen LogP contribution < -0.4 is 20.7 Å². The third kappa shape index (κ3) is 5.31. The average molecular weight is 396 g/mol. The lowest BCUT2D eigenvalue weighted by molar-refractivity contribution is 0.0946. The van der Waals surface area contributed by atoms with Crippen molar-refractivity contribution in [3.8, 4) is 5.75 Å². The molecule has 1 aromatic heterocycles. The molecule has 0 radical (unpaired) electrons. The number of aryl methyl sites for hydroxylation is 1. The third-order valence-electron chi connectivity index (χ3n) is 3.88. The number of aromatic nitrogens is 1. The molecule has 1 heterocycles. The largest absolute Gasteiger partial charge is 0.497 e. The van der Waals surface area contributed by atoms with Crippen molar-refractivity contribution in [2.24, 2.45) is 0 Å². The van der Waals surface area contributed by atoms with Gasteiger partial charge in [0.1, 0.15) is 11.4 Å². The van der Waals surface area contributed by atoms with Gasteiger partial charge in [0, 0.05) is 17.6 Å². The maximum absolute atomic E-state index is 12.2. The minimum Gasteiger partial charge on any atom is -0.497 e. The second-order valence-corrected chi connectivity index (χ2v) is 6.87. The highest BCUT2D eigenvalue weighted by atomic mass is 32.1. The van der Waals surface area contributed by atoms with E-state index in [-0.39, 0.29) is 11.6 Å². The van der Waals surface area contributed by atoms with Crippen LogP contribution in [0.4, 0.5) is 15.6 Å². The van der Waals surface area contributed by atoms with Crippen molar-refractivity contribution in [2.45, 2.75) is 13.5 Å². The van der Waals surface area contributed by atoms with Crippen LogP contribution in [0.25, 0.3) is 0 Å². The van der Waals surface area contributed by atoms with Gasteiger partial charge >= 0.3 is 6.03 Å². The molecule has 8 heteroatoms. The first-order valence-electron chi connectivity index (χ1n) is 8.55. The summed E-state index contributed by atoms with van der Waals surface area (Å²) in [6.07, 6.45) is 0. The van der Waals surface area contributed by atoms with E-state index in [0.717, 1.165) is 16.9 Å². The van der Waals surface area contributed by atoms with Crippen LogP contribution in [0.1, 0.15) is 21.6 Å². The number of benzene rings is 2. The quantitative estimate of drug-likeness (QED) is 0.586. The number of ether oxygens (including phenoxy) is 1. The number of methoxy groups -OCH3 is 1. The molecule has 0 atom stereocenters. The van der Waals surface area contributed by atoms with Crippen LogP contribution in [0.15, 0.2) is 53.9 Å². The maximum atomic E-state index is 12.2. The summed E-state index contributed by atoms with van der Waals surface area (Å²) in [6, 6.07) is 14.4. The summed E-state index contributed by atoms with van der Waals surface area (Å²) in [5.41, 5.74) is 2.98. The van der Waals surface area contributed by atoms with Crippen molar-refractivity contribution in [1.29, 1.82) is 0 Å².